The molecule has 0 aromatic heterocycles. The number of hydrogen-bond acceptors (Lipinski definition) is 3. The van der Waals surface area contributed by atoms with Crippen LogP contribution in [0.3, 0.4) is 0 Å². The lowest BCUT2D eigenvalue weighted by Gasteiger charge is -2.33. The van der Waals surface area contributed by atoms with Crippen LogP contribution in [-0.2, 0) is 0 Å². The van der Waals surface area contributed by atoms with E-state index in [0.29, 0.717) is 0 Å². The molecule has 3 nitrogen and oxygen atoms in total. The number of likely N-dealkylation sites (N-methyl/N-ethyl adjacent to an activating group) is 1. The lowest BCUT2D eigenvalue weighted by atomic mass is 9.93. The van der Waals surface area contributed by atoms with Crippen LogP contribution in [0.1, 0.15) is 64.5 Å². The molecule has 180 valence electrons. The van der Waals surface area contributed by atoms with E-state index in [-0.39, 0.29) is 5.54 Å². The number of hydrogen-bond donors (Lipinski definition) is 2. The summed E-state index contributed by atoms with van der Waals surface area (Å²) < 4.78 is 0. The van der Waals surface area contributed by atoms with E-state index in [1.807, 2.05) is 19.1 Å². The van der Waals surface area contributed by atoms with Crippen molar-refractivity contribution in [1.29, 1.82) is 0 Å². The molecule has 0 amide bonds. The van der Waals surface area contributed by atoms with Gasteiger partial charge in [0.05, 0.1) is 0 Å². The van der Waals surface area contributed by atoms with Crippen LogP contribution in [0, 0.1) is 0 Å². The molecular formula is C30H45N3. The number of anilines is 1. The van der Waals surface area contributed by atoms with Gasteiger partial charge < -0.3 is 10.6 Å². The molecule has 1 aromatic carbocycles. The summed E-state index contributed by atoms with van der Waals surface area (Å²) in [5.41, 5.74) is 6.79. The van der Waals surface area contributed by atoms with Crippen molar-refractivity contribution in [2.75, 3.05) is 25.5 Å². The van der Waals surface area contributed by atoms with E-state index in [1.165, 1.54) is 0 Å². The van der Waals surface area contributed by atoms with Gasteiger partial charge in [0.2, 0.25) is 0 Å². The van der Waals surface area contributed by atoms with E-state index in [1.54, 1.807) is 0 Å². The molecule has 0 unspecified atom stereocenters. The number of allylic oxidation sites excluding steroid dienone is 5. The fraction of sp³-hybridized carbons (Fsp3) is 0.400. The van der Waals surface area contributed by atoms with Gasteiger partial charge in [-0.3, -0.25) is 4.90 Å². The Morgan fingerprint density at radius 2 is 1.82 bits per heavy atom. The van der Waals surface area contributed by atoms with Gasteiger partial charge in [-0.15, -0.1) is 0 Å². The van der Waals surface area contributed by atoms with Gasteiger partial charge in [-0.25, -0.2) is 0 Å². The highest BCUT2D eigenvalue weighted by Gasteiger charge is 2.19. The summed E-state index contributed by atoms with van der Waals surface area (Å²) in [5.74, 6) is 0. The van der Waals surface area contributed by atoms with Gasteiger partial charge in [-0.1, -0.05) is 82.2 Å². The minimum Gasteiger partial charge on any atom is -0.384 e. The first-order valence-electron chi connectivity index (χ1n) is 11.9. The van der Waals surface area contributed by atoms with Crippen LogP contribution >= 0.6 is 0 Å². The molecule has 0 radical (unpaired) electrons. The predicted molar refractivity (Wildman–Crippen MR) is 150 cm³/mol. The second kappa shape index (κ2) is 13.7. The van der Waals surface area contributed by atoms with Gasteiger partial charge in [0.1, 0.15) is 0 Å². The molecule has 0 bridgehead atoms. The average molecular weight is 448 g/mol. The molecule has 2 N–H and O–H groups in total. The zero-order valence-corrected chi connectivity index (χ0v) is 21.7. The van der Waals surface area contributed by atoms with Crippen molar-refractivity contribution >= 4 is 16.8 Å². The van der Waals surface area contributed by atoms with E-state index in [4.69, 9.17) is 0 Å². The van der Waals surface area contributed by atoms with E-state index in [9.17, 15) is 0 Å². The normalized spacial score (nSPS) is 11.5. The monoisotopic (exact) mass is 447 g/mol. The number of nitrogens with zero attached hydrogens (tertiary/aromatic N) is 1. The molecule has 0 fully saturated rings. The maximum absolute atomic E-state index is 4.37. The highest BCUT2D eigenvalue weighted by molar-refractivity contribution is 5.90. The summed E-state index contributed by atoms with van der Waals surface area (Å²) in [6.07, 6.45) is 10.2. The minimum atomic E-state index is -0.0168. The minimum absolute atomic E-state index is 0.0168. The summed E-state index contributed by atoms with van der Waals surface area (Å²) in [6, 6.07) is 6.26. The van der Waals surface area contributed by atoms with Gasteiger partial charge in [-0.2, -0.15) is 0 Å². The van der Waals surface area contributed by atoms with Crippen LogP contribution in [0.2, 0.25) is 0 Å². The molecular weight excluding hydrogens is 402 g/mol. The Morgan fingerprint density at radius 1 is 1.12 bits per heavy atom. The van der Waals surface area contributed by atoms with Crippen LogP contribution in [0.15, 0.2) is 80.7 Å². The van der Waals surface area contributed by atoms with Gasteiger partial charge in [-0.05, 0) is 58.7 Å². The Labute approximate surface area is 203 Å². The zero-order chi connectivity index (χ0) is 25.0. The van der Waals surface area contributed by atoms with Crippen LogP contribution in [0.5, 0.6) is 0 Å². The first-order chi connectivity index (χ1) is 15.5. The first-order valence-corrected chi connectivity index (χ1v) is 11.9. The summed E-state index contributed by atoms with van der Waals surface area (Å²) in [4.78, 5) is 2.35. The topological polar surface area (TPSA) is 27.3 Å². The molecule has 1 aromatic rings. The van der Waals surface area contributed by atoms with Crippen molar-refractivity contribution in [2.45, 2.75) is 58.9 Å². The Balaban J connectivity index is 2.93. The highest BCUT2D eigenvalue weighted by Crippen LogP contribution is 2.33. The maximum atomic E-state index is 4.37. The van der Waals surface area contributed by atoms with Crippen molar-refractivity contribution in [3.8, 4) is 0 Å². The van der Waals surface area contributed by atoms with Crippen LogP contribution in [0.25, 0.3) is 11.1 Å². The average Bonchev–Trinajstić information content (AvgIpc) is 2.77. The van der Waals surface area contributed by atoms with E-state index in [0.717, 1.165) is 78.1 Å². The maximum Gasteiger partial charge on any atom is 0.0426 e. The van der Waals surface area contributed by atoms with Crippen molar-refractivity contribution in [3.05, 3.63) is 91.8 Å². The van der Waals surface area contributed by atoms with Gasteiger partial charge in [0.25, 0.3) is 0 Å². The standard InChI is InChI=1S/C30H45N3/c1-11-13-17-24(5)32-26(7)25(6)29-27(23(3)4)18-15-19-28(29)31-21-16-22-33(10)30(8,9)20-14-12-2/h12,14-15,18-20,31-32H,2-3,5-7,11,13,16-17,21-22H2,1,4,8-10H3/b20-14+. The molecule has 0 aliphatic carbocycles. The second-order valence-corrected chi connectivity index (χ2v) is 9.25. The van der Waals surface area contributed by atoms with Crippen LogP contribution in [0.4, 0.5) is 5.69 Å². The molecule has 0 aliphatic heterocycles. The van der Waals surface area contributed by atoms with Crippen molar-refractivity contribution in [1.82, 2.24) is 10.2 Å². The Hall–Kier alpha value is -2.78. The Bertz CT molecular complexity index is 886. The number of rotatable bonds is 16. The second-order valence-electron chi connectivity index (χ2n) is 9.25. The SMILES string of the molecule is C=C/C=C/C(C)(C)N(C)CCCNc1cccc(C(=C)C)c1C(=C)C(=C)NC(=C)CCCC. The van der Waals surface area contributed by atoms with E-state index in [2.05, 4.69) is 101 Å². The molecule has 3 heteroatoms. The molecule has 0 saturated carbocycles. The molecule has 0 saturated heterocycles. The lowest BCUT2D eigenvalue weighted by molar-refractivity contribution is 0.204. The number of unbranched alkanes of at least 4 members (excludes halogenated alkanes) is 1. The summed E-state index contributed by atoms with van der Waals surface area (Å²) in [7, 11) is 2.16. The van der Waals surface area contributed by atoms with Gasteiger partial charge in [0, 0.05) is 46.8 Å². The smallest absolute Gasteiger partial charge is 0.0426 e. The van der Waals surface area contributed by atoms with E-state index < -0.39 is 0 Å². The Morgan fingerprint density at radius 3 is 2.42 bits per heavy atom. The molecule has 0 atom stereocenters. The molecule has 33 heavy (non-hydrogen) atoms. The van der Waals surface area contributed by atoms with Crippen molar-refractivity contribution in [3.63, 3.8) is 0 Å². The zero-order valence-electron chi connectivity index (χ0n) is 21.7. The summed E-state index contributed by atoms with van der Waals surface area (Å²) in [5, 5.41) is 6.98. The van der Waals surface area contributed by atoms with Gasteiger partial charge in [0.15, 0.2) is 0 Å². The third-order valence-electron chi connectivity index (χ3n) is 5.96. The van der Waals surface area contributed by atoms with Crippen molar-refractivity contribution in [2.24, 2.45) is 0 Å². The molecule has 1 rings (SSSR count). The molecule has 0 spiro atoms. The van der Waals surface area contributed by atoms with Crippen LogP contribution < -0.4 is 10.6 Å². The predicted octanol–water partition coefficient (Wildman–Crippen LogP) is 7.79. The highest BCUT2D eigenvalue weighted by atomic mass is 15.2. The molecule has 0 heterocycles. The van der Waals surface area contributed by atoms with E-state index >= 15 is 0 Å². The summed E-state index contributed by atoms with van der Waals surface area (Å²) in [6.45, 7) is 31.2. The third kappa shape index (κ3) is 8.94. The summed E-state index contributed by atoms with van der Waals surface area (Å²) >= 11 is 0. The largest absolute Gasteiger partial charge is 0.384 e. The van der Waals surface area contributed by atoms with Crippen LogP contribution in [-0.4, -0.2) is 30.6 Å². The number of benzene rings is 1. The lowest BCUT2D eigenvalue weighted by Crippen LogP contribution is -2.40. The molecule has 0 aliphatic rings. The van der Waals surface area contributed by atoms with Gasteiger partial charge >= 0.3 is 0 Å². The fourth-order valence-corrected chi connectivity index (χ4v) is 3.53. The fourth-order valence-electron chi connectivity index (χ4n) is 3.53. The third-order valence-corrected chi connectivity index (χ3v) is 5.96. The Kier molecular flexibility index (Phi) is 11.7. The van der Waals surface area contributed by atoms with Crippen molar-refractivity contribution < 1.29 is 0 Å². The first kappa shape index (κ1) is 28.3. The number of nitrogens with one attached hydrogen (secondary N) is 2. The quantitative estimate of drug-likeness (QED) is 0.200.